The van der Waals surface area contributed by atoms with E-state index in [0.29, 0.717) is 12.2 Å². The van der Waals surface area contributed by atoms with E-state index < -0.39 is 11.7 Å². The molecule has 1 unspecified atom stereocenters. The summed E-state index contributed by atoms with van der Waals surface area (Å²) in [5.74, 6) is 0.571. The summed E-state index contributed by atoms with van der Waals surface area (Å²) in [4.78, 5) is 1.41. The molecule has 0 bridgehead atoms. The van der Waals surface area contributed by atoms with Crippen LogP contribution < -0.4 is 0 Å². The predicted molar refractivity (Wildman–Crippen MR) is 61.3 cm³/mol. The van der Waals surface area contributed by atoms with Crippen LogP contribution in [0.2, 0.25) is 0 Å². The molecule has 0 saturated heterocycles. The van der Waals surface area contributed by atoms with Crippen LogP contribution in [-0.2, 0) is 18.2 Å². The Hall–Kier alpha value is -1.01. The highest BCUT2D eigenvalue weighted by Gasteiger charge is 2.39. The Morgan fingerprint density at radius 3 is 2.65 bits per heavy atom. The van der Waals surface area contributed by atoms with Gasteiger partial charge >= 0.3 is 0 Å². The fourth-order valence-electron chi connectivity index (χ4n) is 2.59. The van der Waals surface area contributed by atoms with Gasteiger partial charge in [-0.2, -0.15) is 4.80 Å². The summed E-state index contributed by atoms with van der Waals surface area (Å²) < 4.78 is 5.59. The third-order valence-corrected chi connectivity index (χ3v) is 3.64. The third kappa shape index (κ3) is 2.63. The van der Waals surface area contributed by atoms with Gasteiger partial charge in [-0.25, -0.2) is 0 Å². The van der Waals surface area contributed by atoms with Crippen LogP contribution in [0.3, 0.4) is 0 Å². The van der Waals surface area contributed by atoms with Gasteiger partial charge in [0.25, 0.3) is 0 Å². The molecule has 0 spiro atoms. The van der Waals surface area contributed by atoms with Crippen molar-refractivity contribution in [2.45, 2.75) is 50.2 Å². The van der Waals surface area contributed by atoms with E-state index in [1.165, 1.54) is 11.2 Å². The van der Waals surface area contributed by atoms with Gasteiger partial charge in [0.15, 0.2) is 5.82 Å². The molecule has 6 nitrogen and oxygen atoms in total. The number of methoxy groups -OCH3 is 1. The maximum absolute atomic E-state index is 10.3. The molecule has 1 aromatic heterocycles. The minimum absolute atomic E-state index is 0.404. The highest BCUT2D eigenvalue weighted by atomic mass is 16.5. The molecule has 0 radical (unpaired) electrons. The molecule has 1 saturated carbocycles. The zero-order valence-electron chi connectivity index (χ0n) is 10.5. The fraction of sp³-hybridized carbons (Fsp3) is 0.909. The van der Waals surface area contributed by atoms with Gasteiger partial charge in [0, 0.05) is 13.5 Å². The number of aliphatic hydroxyl groups is 1. The molecule has 0 aliphatic heterocycles. The van der Waals surface area contributed by atoms with Gasteiger partial charge in [-0.05, 0) is 18.1 Å². The van der Waals surface area contributed by atoms with Crippen molar-refractivity contribution < 1.29 is 9.84 Å². The Labute approximate surface area is 101 Å². The van der Waals surface area contributed by atoms with Crippen LogP contribution in [0.1, 0.15) is 37.9 Å². The second kappa shape index (κ2) is 5.10. The molecule has 1 aliphatic carbocycles. The van der Waals surface area contributed by atoms with E-state index in [-0.39, 0.29) is 0 Å². The van der Waals surface area contributed by atoms with Crippen molar-refractivity contribution in [3.05, 3.63) is 5.82 Å². The van der Waals surface area contributed by atoms with E-state index >= 15 is 0 Å². The Bertz CT molecular complexity index is 360. The first kappa shape index (κ1) is 12.4. The lowest BCUT2D eigenvalue weighted by Gasteiger charge is -2.39. The average molecular weight is 240 g/mol. The Morgan fingerprint density at radius 1 is 1.41 bits per heavy atom. The molecule has 6 heteroatoms. The van der Waals surface area contributed by atoms with Gasteiger partial charge in [0.05, 0.1) is 18.8 Å². The molecular weight excluding hydrogens is 220 g/mol. The number of rotatable bonds is 4. The van der Waals surface area contributed by atoms with E-state index in [9.17, 15) is 5.11 Å². The normalized spacial score (nSPS) is 21.4. The maximum atomic E-state index is 10.3. The molecule has 1 atom stereocenters. The van der Waals surface area contributed by atoms with Gasteiger partial charge in [-0.1, -0.05) is 19.3 Å². The number of ether oxygens (including phenoxy) is 1. The minimum Gasteiger partial charge on any atom is -0.390 e. The summed E-state index contributed by atoms with van der Waals surface area (Å²) in [5.41, 5.74) is -0.419. The van der Waals surface area contributed by atoms with Crippen LogP contribution in [0.5, 0.6) is 0 Å². The fourth-order valence-corrected chi connectivity index (χ4v) is 2.59. The first-order valence-electron chi connectivity index (χ1n) is 6.12. The number of hydrogen-bond acceptors (Lipinski definition) is 5. The SMILES string of the molecule is COC1(C(O)Cc2nnn(C)n2)CCCCC1. The predicted octanol–water partition coefficient (Wildman–Crippen LogP) is 0.463. The van der Waals surface area contributed by atoms with E-state index in [1.54, 1.807) is 14.2 Å². The summed E-state index contributed by atoms with van der Waals surface area (Å²) in [6.45, 7) is 0. The molecule has 1 heterocycles. The molecule has 1 aromatic rings. The van der Waals surface area contributed by atoms with Crippen LogP contribution in [0.25, 0.3) is 0 Å². The van der Waals surface area contributed by atoms with Crippen molar-refractivity contribution in [3.8, 4) is 0 Å². The summed E-state index contributed by atoms with van der Waals surface area (Å²) >= 11 is 0. The first-order valence-corrected chi connectivity index (χ1v) is 6.12. The topological polar surface area (TPSA) is 73.1 Å². The number of tetrazole rings is 1. The number of nitrogens with zero attached hydrogens (tertiary/aromatic N) is 4. The molecule has 0 amide bonds. The van der Waals surface area contributed by atoms with Gasteiger partial charge < -0.3 is 9.84 Å². The highest BCUT2D eigenvalue weighted by Crippen LogP contribution is 2.34. The smallest absolute Gasteiger partial charge is 0.177 e. The highest BCUT2D eigenvalue weighted by molar-refractivity contribution is 4.95. The Kier molecular flexibility index (Phi) is 3.73. The average Bonchev–Trinajstić information content (AvgIpc) is 2.75. The molecule has 2 rings (SSSR count). The van der Waals surface area contributed by atoms with Crippen molar-refractivity contribution in [1.82, 2.24) is 20.2 Å². The monoisotopic (exact) mass is 240 g/mol. The lowest BCUT2D eigenvalue weighted by molar-refractivity contribution is -0.122. The maximum Gasteiger partial charge on any atom is 0.177 e. The van der Waals surface area contributed by atoms with E-state index in [4.69, 9.17) is 4.74 Å². The lowest BCUT2D eigenvalue weighted by Crippen LogP contribution is -2.47. The molecular formula is C11H20N4O2. The van der Waals surface area contributed by atoms with Gasteiger partial charge in [-0.15, -0.1) is 10.2 Å². The molecule has 96 valence electrons. The molecule has 1 fully saturated rings. The van der Waals surface area contributed by atoms with Gasteiger partial charge in [0.1, 0.15) is 0 Å². The van der Waals surface area contributed by atoms with Crippen LogP contribution in [0.4, 0.5) is 0 Å². The molecule has 0 aromatic carbocycles. The quantitative estimate of drug-likeness (QED) is 0.828. The first-order chi connectivity index (χ1) is 8.16. The largest absolute Gasteiger partial charge is 0.390 e. The summed E-state index contributed by atoms with van der Waals surface area (Å²) in [5, 5.41) is 22.1. The zero-order chi connectivity index (χ0) is 12.3. The summed E-state index contributed by atoms with van der Waals surface area (Å²) in [6, 6.07) is 0. The zero-order valence-corrected chi connectivity index (χ0v) is 10.5. The molecule has 17 heavy (non-hydrogen) atoms. The van der Waals surface area contributed by atoms with Crippen molar-refractivity contribution in [3.63, 3.8) is 0 Å². The number of aliphatic hydroxyl groups excluding tert-OH is 1. The van der Waals surface area contributed by atoms with E-state index in [1.807, 2.05) is 0 Å². The van der Waals surface area contributed by atoms with Crippen LogP contribution in [-0.4, -0.2) is 44.1 Å². The van der Waals surface area contributed by atoms with Crippen LogP contribution in [0.15, 0.2) is 0 Å². The Morgan fingerprint density at radius 2 is 2.12 bits per heavy atom. The van der Waals surface area contributed by atoms with Gasteiger partial charge in [0.2, 0.25) is 0 Å². The van der Waals surface area contributed by atoms with Crippen LogP contribution >= 0.6 is 0 Å². The number of aromatic nitrogens is 4. The van der Waals surface area contributed by atoms with Crippen molar-refractivity contribution in [1.29, 1.82) is 0 Å². The number of aryl methyl sites for hydroxylation is 1. The minimum atomic E-state index is -0.558. The Balaban J connectivity index is 2.04. The summed E-state index contributed by atoms with van der Waals surface area (Å²) in [7, 11) is 3.40. The summed E-state index contributed by atoms with van der Waals surface area (Å²) in [6.07, 6.45) is 5.10. The van der Waals surface area contributed by atoms with Crippen molar-refractivity contribution >= 4 is 0 Å². The second-order valence-electron chi connectivity index (χ2n) is 4.74. The van der Waals surface area contributed by atoms with E-state index in [0.717, 1.165) is 25.7 Å². The van der Waals surface area contributed by atoms with E-state index in [2.05, 4.69) is 15.4 Å². The third-order valence-electron chi connectivity index (χ3n) is 3.64. The van der Waals surface area contributed by atoms with Gasteiger partial charge in [-0.3, -0.25) is 0 Å². The molecule has 1 N–H and O–H groups in total. The van der Waals surface area contributed by atoms with Crippen LogP contribution in [0, 0.1) is 0 Å². The second-order valence-corrected chi connectivity index (χ2v) is 4.74. The van der Waals surface area contributed by atoms with Crippen molar-refractivity contribution in [2.24, 2.45) is 7.05 Å². The molecule has 1 aliphatic rings. The van der Waals surface area contributed by atoms with Crippen molar-refractivity contribution in [2.75, 3.05) is 7.11 Å². The number of hydrogen-bond donors (Lipinski definition) is 1. The standard InChI is InChI=1S/C11H20N4O2/c1-15-13-10(12-14-15)8-9(16)11(17-2)6-4-3-5-7-11/h9,16H,3-8H2,1-2H3. The lowest BCUT2D eigenvalue weighted by atomic mass is 9.79.